The summed E-state index contributed by atoms with van der Waals surface area (Å²) in [6.07, 6.45) is 0. The molecule has 0 aliphatic rings. The van der Waals surface area contributed by atoms with Crippen LogP contribution in [0.1, 0.15) is 17.3 Å². The van der Waals surface area contributed by atoms with Crippen LogP contribution in [-0.2, 0) is 50.7 Å². The fraction of sp³-hybridized carbons (Fsp3) is 0.222. The van der Waals surface area contributed by atoms with E-state index in [9.17, 15) is 4.79 Å². The van der Waals surface area contributed by atoms with E-state index in [1.807, 2.05) is 20.4 Å². The molecule has 1 aromatic carbocycles. The van der Waals surface area contributed by atoms with Crippen molar-refractivity contribution < 1.29 is 60.6 Å². The van der Waals surface area contributed by atoms with Gasteiger partial charge in [-0.15, -0.1) is 0 Å². The summed E-state index contributed by atoms with van der Waals surface area (Å²) in [6.45, 7) is 2.18. The molecule has 0 aliphatic heterocycles. The molecule has 0 amide bonds. The van der Waals surface area contributed by atoms with Crippen molar-refractivity contribution in [1.29, 1.82) is 0 Å². The van der Waals surface area contributed by atoms with Gasteiger partial charge < -0.3 is 0 Å². The molecule has 0 aliphatic carbocycles. The minimum absolute atomic E-state index is 0. The number of carboxylic acid groups (broad SMARTS) is 1. The predicted octanol–water partition coefficient (Wildman–Crippen LogP) is 2.26. The van der Waals surface area contributed by atoms with Gasteiger partial charge in [0.25, 0.3) is 0 Å². The molecule has 70 valence electrons. The zero-order valence-corrected chi connectivity index (χ0v) is 20.0. The Labute approximate surface area is 147 Å². The minimum atomic E-state index is -0.860. The standard InChI is InChI=1S/C7H6O2S.C2H5.2Hg.Na.H/c8-7(9)5-3-1-2-4-6(5)10;1-2;;;;/h1-4,10H,(H,8,9);1H2,2H3;;;;/q;;;+1;;/p-1. The number of rotatable bonds is 4. The van der Waals surface area contributed by atoms with Gasteiger partial charge in [0.2, 0.25) is 0 Å². The summed E-state index contributed by atoms with van der Waals surface area (Å²) in [5, 5.41) is 8.88. The third kappa shape index (κ3) is 7.04. The normalized spacial score (nSPS) is 8.07. The van der Waals surface area contributed by atoms with Gasteiger partial charge in [-0.25, -0.2) is 0 Å². The van der Waals surface area contributed by atoms with Gasteiger partial charge in [-0.1, -0.05) is 0 Å². The zero-order chi connectivity index (χ0) is 9.68. The SMILES string of the molecule is C[CH2][Hg][S]c1ccccc1C(=O)O.[Hg].[NaH]. The van der Waals surface area contributed by atoms with Crippen LogP contribution in [0.3, 0.4) is 0 Å². The van der Waals surface area contributed by atoms with E-state index in [1.54, 1.807) is 12.1 Å². The Morgan fingerprint density at radius 2 is 2.07 bits per heavy atom. The van der Waals surface area contributed by atoms with Gasteiger partial charge in [0.05, 0.1) is 0 Å². The summed E-state index contributed by atoms with van der Waals surface area (Å²) in [6, 6.07) is 7.26. The first-order valence-corrected chi connectivity index (χ1v) is 15.8. The maximum absolute atomic E-state index is 10.8. The topological polar surface area (TPSA) is 37.3 Å². The van der Waals surface area contributed by atoms with Gasteiger partial charge in [0.1, 0.15) is 0 Å². The van der Waals surface area contributed by atoms with E-state index in [0.29, 0.717) is 5.56 Å². The fourth-order valence-corrected chi connectivity index (χ4v) is 9.77. The van der Waals surface area contributed by atoms with Gasteiger partial charge in [0, 0.05) is 27.7 Å². The average molecular weight is 607 g/mol. The average Bonchev–Trinajstić information content (AvgIpc) is 2.15. The summed E-state index contributed by atoms with van der Waals surface area (Å²) < 4.78 is 1.28. The number of hydrogen-bond acceptors (Lipinski definition) is 2. The van der Waals surface area contributed by atoms with E-state index in [1.165, 1.54) is 3.93 Å². The molecule has 15 heavy (non-hydrogen) atoms. The van der Waals surface area contributed by atoms with Crippen molar-refractivity contribution in [3.05, 3.63) is 29.8 Å². The third-order valence-corrected chi connectivity index (χ3v) is 13.6. The molecule has 1 rings (SSSR count). The molecular weight excluding hydrogens is 596 g/mol. The second-order valence-corrected chi connectivity index (χ2v) is 15.8. The molecule has 0 unspecified atom stereocenters. The molecule has 6 heteroatoms. The predicted molar refractivity (Wildman–Crippen MR) is 56.9 cm³/mol. The Bertz CT molecular complexity index is 310. The third-order valence-electron chi connectivity index (χ3n) is 1.58. The molecule has 1 aromatic rings. The Morgan fingerprint density at radius 1 is 1.47 bits per heavy atom. The van der Waals surface area contributed by atoms with E-state index in [4.69, 9.17) is 5.11 Å². The first-order valence-electron chi connectivity index (χ1n) is 4.20. The second kappa shape index (κ2) is 11.0. The molecule has 1 N–H and O–H groups in total. The molecule has 0 radical (unpaired) electrons. The Balaban J connectivity index is 0. The van der Waals surface area contributed by atoms with Crippen molar-refractivity contribution in [3.8, 4) is 0 Å². The summed E-state index contributed by atoms with van der Waals surface area (Å²) in [5.74, 6) is -0.812. The van der Waals surface area contributed by atoms with Crippen molar-refractivity contribution in [2.75, 3.05) is 0 Å². The summed E-state index contributed by atoms with van der Waals surface area (Å²) in [4.78, 5) is 11.8. The van der Waals surface area contributed by atoms with E-state index in [0.717, 1.165) is 4.90 Å². The van der Waals surface area contributed by atoms with Crippen molar-refractivity contribution in [1.82, 2.24) is 0 Å². The van der Waals surface area contributed by atoms with E-state index in [-0.39, 0.29) is 57.2 Å². The zero-order valence-electron chi connectivity index (χ0n) is 8.19. The molecule has 0 bridgehead atoms. The Kier molecular flexibility index (Phi) is 14.2. The van der Waals surface area contributed by atoms with Crippen molar-refractivity contribution in [2.45, 2.75) is 15.7 Å². The van der Waals surface area contributed by atoms with E-state index >= 15 is 0 Å². The van der Waals surface area contributed by atoms with Gasteiger partial charge >= 0.3 is 122 Å². The van der Waals surface area contributed by atoms with Crippen LogP contribution in [0.15, 0.2) is 29.2 Å². The fourth-order valence-electron chi connectivity index (χ4n) is 0.981. The molecule has 0 spiro atoms. The van der Waals surface area contributed by atoms with Crippen LogP contribution < -0.4 is 0 Å². The molecular formula is C9H11Hg2NaO2S. The maximum atomic E-state index is 10.8. The molecule has 0 saturated heterocycles. The monoisotopic (exact) mass is 610 g/mol. The van der Waals surface area contributed by atoms with Crippen LogP contribution in [-0.4, -0.2) is 40.6 Å². The molecule has 2 nitrogen and oxygen atoms in total. The number of benzene rings is 1. The Hall–Kier alpha value is 1.91. The first kappa shape index (κ1) is 19.3. The number of aromatic carboxylic acids is 1. The molecule has 0 aromatic heterocycles. The van der Waals surface area contributed by atoms with Crippen LogP contribution in [0.5, 0.6) is 0 Å². The van der Waals surface area contributed by atoms with Gasteiger partial charge in [-0.2, -0.15) is 0 Å². The van der Waals surface area contributed by atoms with Gasteiger partial charge in [-0.3, -0.25) is 0 Å². The van der Waals surface area contributed by atoms with Crippen molar-refractivity contribution in [2.24, 2.45) is 0 Å². The Morgan fingerprint density at radius 3 is 2.60 bits per heavy atom. The van der Waals surface area contributed by atoms with Crippen LogP contribution in [0.2, 0.25) is 3.93 Å². The van der Waals surface area contributed by atoms with Gasteiger partial charge in [-0.05, 0) is 0 Å². The molecule has 0 atom stereocenters. The molecule has 0 heterocycles. The summed E-state index contributed by atoms with van der Waals surface area (Å²) in [7, 11) is 1.82. The number of carbonyl (C=O) groups is 1. The number of carboxylic acids is 1. The molecule has 0 saturated carbocycles. The quantitative estimate of drug-likeness (QED) is 0.535. The van der Waals surface area contributed by atoms with Crippen LogP contribution in [0.4, 0.5) is 0 Å². The summed E-state index contributed by atoms with van der Waals surface area (Å²) in [5.41, 5.74) is 0.459. The van der Waals surface area contributed by atoms with E-state index in [2.05, 4.69) is 6.92 Å². The van der Waals surface area contributed by atoms with Crippen LogP contribution >= 0.6 is 8.24 Å². The first-order chi connectivity index (χ1) is 6.25. The van der Waals surface area contributed by atoms with Gasteiger partial charge in [0.15, 0.2) is 0 Å². The second-order valence-electron chi connectivity index (χ2n) is 2.65. The van der Waals surface area contributed by atoms with Crippen molar-refractivity contribution >= 4 is 43.8 Å². The van der Waals surface area contributed by atoms with E-state index < -0.39 is 29.0 Å². The molecule has 0 fully saturated rings. The summed E-state index contributed by atoms with van der Waals surface area (Å²) >= 11 is -0.860. The number of hydrogen-bond donors (Lipinski definition) is 1. The van der Waals surface area contributed by atoms with Crippen molar-refractivity contribution in [3.63, 3.8) is 0 Å². The van der Waals surface area contributed by atoms with Crippen LogP contribution in [0.25, 0.3) is 0 Å². The van der Waals surface area contributed by atoms with Crippen LogP contribution in [0, 0.1) is 0 Å².